The number of carbonyl (C=O) groups excluding carboxylic acids is 3. The van der Waals surface area contributed by atoms with Crippen LogP contribution >= 0.6 is 0 Å². The van der Waals surface area contributed by atoms with Crippen LogP contribution in [0, 0.1) is 0 Å². The monoisotopic (exact) mass is 1110 g/mol. The van der Waals surface area contributed by atoms with E-state index < -0.39 is 6.10 Å². The number of hydrogen-bond acceptors (Lipinski definition) is 6. The minimum absolute atomic E-state index is 0.0903. The van der Waals surface area contributed by atoms with E-state index >= 15 is 0 Å². The fraction of sp³-hybridized carbons (Fsp3) is 0.662. The van der Waals surface area contributed by atoms with Crippen LogP contribution < -0.4 is 0 Å². The van der Waals surface area contributed by atoms with E-state index in [2.05, 4.69) is 154 Å². The maximum absolute atomic E-state index is 12.9. The molecule has 1 unspecified atom stereocenters. The highest BCUT2D eigenvalue weighted by molar-refractivity contribution is 5.71. The Labute approximate surface area is 494 Å². The molecule has 0 N–H and O–H groups in total. The molecule has 0 aliphatic rings. The summed E-state index contributed by atoms with van der Waals surface area (Å²) in [5.41, 5.74) is 0. The molecular weight excluding hydrogens is 985 g/mol. The number of unbranched alkanes of at least 4 members (excludes halogenated alkanes) is 26. The largest absolute Gasteiger partial charge is 0.462 e. The van der Waals surface area contributed by atoms with Crippen molar-refractivity contribution < 1.29 is 28.6 Å². The van der Waals surface area contributed by atoms with Crippen LogP contribution in [0.3, 0.4) is 0 Å². The van der Waals surface area contributed by atoms with E-state index in [1.165, 1.54) is 109 Å². The van der Waals surface area contributed by atoms with Crippen molar-refractivity contribution in [2.24, 2.45) is 0 Å². The lowest BCUT2D eigenvalue weighted by molar-refractivity contribution is -0.167. The minimum Gasteiger partial charge on any atom is -0.462 e. The second-order valence-electron chi connectivity index (χ2n) is 21.6. The minimum atomic E-state index is -0.795. The van der Waals surface area contributed by atoms with Gasteiger partial charge in [0.25, 0.3) is 0 Å². The molecule has 6 nitrogen and oxygen atoms in total. The van der Waals surface area contributed by atoms with Gasteiger partial charge in [-0.25, -0.2) is 0 Å². The van der Waals surface area contributed by atoms with Crippen molar-refractivity contribution in [1.82, 2.24) is 0 Å². The summed E-state index contributed by atoms with van der Waals surface area (Å²) in [5, 5.41) is 0. The lowest BCUT2D eigenvalue weighted by Gasteiger charge is -2.18. The molecule has 0 aromatic heterocycles. The van der Waals surface area contributed by atoms with Crippen LogP contribution in [0.25, 0.3) is 0 Å². The zero-order valence-corrected chi connectivity index (χ0v) is 52.0. The Kier molecular flexibility index (Phi) is 63.3. The molecule has 80 heavy (non-hydrogen) atoms. The second-order valence-corrected chi connectivity index (χ2v) is 21.6. The lowest BCUT2D eigenvalue weighted by atomic mass is 10.0. The van der Waals surface area contributed by atoms with E-state index in [1.807, 2.05) is 0 Å². The van der Waals surface area contributed by atoms with E-state index in [4.69, 9.17) is 14.2 Å². The number of carbonyl (C=O) groups is 3. The van der Waals surface area contributed by atoms with Crippen molar-refractivity contribution >= 4 is 17.9 Å². The molecule has 0 aliphatic carbocycles. The molecule has 0 aromatic carbocycles. The number of ether oxygens (including phenoxy) is 3. The van der Waals surface area contributed by atoms with Gasteiger partial charge in [-0.1, -0.05) is 283 Å². The molecular formula is C74H122O6. The van der Waals surface area contributed by atoms with Gasteiger partial charge < -0.3 is 14.2 Å². The van der Waals surface area contributed by atoms with Gasteiger partial charge in [-0.05, 0) is 128 Å². The molecule has 0 spiro atoms. The van der Waals surface area contributed by atoms with Crippen molar-refractivity contribution in [1.29, 1.82) is 0 Å². The number of esters is 3. The molecule has 0 aliphatic heterocycles. The Bertz CT molecular complexity index is 1700. The Morgan fingerprint density at radius 1 is 0.263 bits per heavy atom. The first-order valence-electron chi connectivity index (χ1n) is 33.2. The predicted molar refractivity (Wildman–Crippen MR) is 348 cm³/mol. The molecule has 1 atom stereocenters. The van der Waals surface area contributed by atoms with Gasteiger partial charge in [0.1, 0.15) is 13.2 Å². The normalized spacial score (nSPS) is 13.0. The standard InChI is InChI=1S/C74H122O6/c1-4-7-10-13-16-19-22-25-28-30-32-34-36-37-39-40-42-44-46-49-52-55-58-61-64-67-73(76)79-70-71(69-78-72(75)66-63-60-57-54-51-48-27-24-21-18-15-12-9-6-3)80-74(77)68-65-62-59-56-53-50-47-45-43-41-38-35-33-31-29-26-23-20-17-14-11-8-5-2/h7-8,10-11,15-20,24-29,32-35,37,39,71H,4-6,9,12-14,21-23,30-31,36,38,40-70H2,1-3H3/b10-7-,11-8-,18-15-,19-16-,20-17-,27-24-,28-25-,29-26-,34-32-,35-33-,39-37-. The van der Waals surface area contributed by atoms with Crippen LogP contribution in [-0.4, -0.2) is 37.2 Å². The van der Waals surface area contributed by atoms with Gasteiger partial charge in [0.05, 0.1) is 0 Å². The molecule has 0 fully saturated rings. The summed E-state index contributed by atoms with van der Waals surface area (Å²) < 4.78 is 16.9. The summed E-state index contributed by atoms with van der Waals surface area (Å²) in [6.45, 7) is 6.37. The fourth-order valence-electron chi connectivity index (χ4n) is 8.95. The molecule has 0 saturated carbocycles. The summed E-state index contributed by atoms with van der Waals surface area (Å²) in [4.78, 5) is 38.4. The van der Waals surface area contributed by atoms with Crippen LogP contribution in [-0.2, 0) is 28.6 Å². The topological polar surface area (TPSA) is 78.9 Å². The molecule has 0 aromatic rings. The number of rotatable bonds is 59. The van der Waals surface area contributed by atoms with Crippen LogP contribution in [0.1, 0.15) is 297 Å². The van der Waals surface area contributed by atoms with Gasteiger partial charge in [0.15, 0.2) is 6.10 Å². The second kappa shape index (κ2) is 67.1. The highest BCUT2D eigenvalue weighted by atomic mass is 16.6. The molecule has 0 rings (SSSR count). The summed E-state index contributed by atoms with van der Waals surface area (Å²) in [6.07, 6.45) is 94.5. The molecule has 0 bridgehead atoms. The third-order valence-electron chi connectivity index (χ3n) is 13.9. The van der Waals surface area contributed by atoms with E-state index in [9.17, 15) is 14.4 Å². The molecule has 0 radical (unpaired) electrons. The van der Waals surface area contributed by atoms with Crippen molar-refractivity contribution in [2.45, 2.75) is 303 Å². The van der Waals surface area contributed by atoms with Gasteiger partial charge >= 0.3 is 17.9 Å². The summed E-state index contributed by atoms with van der Waals surface area (Å²) in [5.74, 6) is -0.909. The number of allylic oxidation sites excluding steroid dienone is 22. The third kappa shape index (κ3) is 64.4. The highest BCUT2D eigenvalue weighted by Crippen LogP contribution is 2.16. The van der Waals surface area contributed by atoms with Gasteiger partial charge in [0, 0.05) is 19.3 Å². The van der Waals surface area contributed by atoms with Crippen LogP contribution in [0.15, 0.2) is 134 Å². The average Bonchev–Trinajstić information content (AvgIpc) is 3.46. The van der Waals surface area contributed by atoms with Crippen molar-refractivity contribution in [3.8, 4) is 0 Å². The Balaban J connectivity index is 4.38. The highest BCUT2D eigenvalue weighted by Gasteiger charge is 2.19. The zero-order chi connectivity index (χ0) is 57.8. The first-order valence-corrected chi connectivity index (χ1v) is 33.2. The van der Waals surface area contributed by atoms with Gasteiger partial charge in [-0.15, -0.1) is 0 Å². The SMILES string of the molecule is CC/C=C\C/C=C\C/C=C\C/C=C\C/C=C\CCCCCCCCCCCC(=O)OCC(COC(=O)CCCCCCC/C=C\C/C=C\CCCC)OC(=O)CCCCCCCCCCCC/C=C\C/C=C\C/C=C\C/C=C\CC. The van der Waals surface area contributed by atoms with Crippen molar-refractivity contribution in [3.63, 3.8) is 0 Å². The van der Waals surface area contributed by atoms with Crippen LogP contribution in [0.4, 0.5) is 0 Å². The van der Waals surface area contributed by atoms with E-state index in [-0.39, 0.29) is 31.1 Å². The van der Waals surface area contributed by atoms with Crippen LogP contribution in [0.5, 0.6) is 0 Å². The predicted octanol–water partition coefficient (Wildman–Crippen LogP) is 22.9. The molecule has 6 heteroatoms. The van der Waals surface area contributed by atoms with Gasteiger partial charge in [0.2, 0.25) is 0 Å². The Morgan fingerprint density at radius 2 is 0.487 bits per heavy atom. The third-order valence-corrected chi connectivity index (χ3v) is 13.9. The zero-order valence-electron chi connectivity index (χ0n) is 52.0. The van der Waals surface area contributed by atoms with E-state index in [1.54, 1.807) is 0 Å². The summed E-state index contributed by atoms with van der Waals surface area (Å²) in [6, 6.07) is 0. The van der Waals surface area contributed by atoms with Gasteiger partial charge in [-0.2, -0.15) is 0 Å². The molecule has 454 valence electrons. The van der Waals surface area contributed by atoms with Crippen molar-refractivity contribution in [3.05, 3.63) is 134 Å². The summed E-state index contributed by atoms with van der Waals surface area (Å²) in [7, 11) is 0. The fourth-order valence-corrected chi connectivity index (χ4v) is 8.95. The first-order chi connectivity index (χ1) is 39.5. The average molecular weight is 1110 g/mol. The molecule has 0 heterocycles. The smallest absolute Gasteiger partial charge is 0.306 e. The maximum atomic E-state index is 12.9. The van der Waals surface area contributed by atoms with Gasteiger partial charge in [-0.3, -0.25) is 14.4 Å². The summed E-state index contributed by atoms with van der Waals surface area (Å²) >= 11 is 0. The maximum Gasteiger partial charge on any atom is 0.306 e. The molecule has 0 saturated heterocycles. The number of hydrogen-bond donors (Lipinski definition) is 0. The Hall–Kier alpha value is -4.45. The molecule has 0 amide bonds. The van der Waals surface area contributed by atoms with Crippen molar-refractivity contribution in [2.75, 3.05) is 13.2 Å². The Morgan fingerprint density at radius 3 is 0.762 bits per heavy atom. The first kappa shape index (κ1) is 75.5. The lowest BCUT2D eigenvalue weighted by Crippen LogP contribution is -2.30. The quantitative estimate of drug-likeness (QED) is 0.0261. The van der Waals surface area contributed by atoms with E-state index in [0.717, 1.165) is 148 Å². The van der Waals surface area contributed by atoms with E-state index in [0.29, 0.717) is 19.3 Å². The van der Waals surface area contributed by atoms with Crippen LogP contribution in [0.2, 0.25) is 0 Å².